The monoisotopic (exact) mass is 332 g/mol. The highest BCUT2D eigenvalue weighted by Crippen LogP contribution is 2.78. The highest BCUT2D eigenvalue weighted by atomic mass is 16.6. The number of esters is 1. The molecule has 0 radical (unpaired) electrons. The van der Waals surface area contributed by atoms with Crippen molar-refractivity contribution >= 4 is 11.9 Å². The van der Waals surface area contributed by atoms with Gasteiger partial charge in [0.2, 0.25) is 0 Å². The number of carbonyl (C=O) groups is 2. The minimum absolute atomic E-state index is 0.0294. The summed E-state index contributed by atoms with van der Waals surface area (Å²) in [6.45, 7) is 5.98. The number of hydrogen-bond acceptors (Lipinski definition) is 4. The third kappa shape index (κ3) is 1.29. The van der Waals surface area contributed by atoms with Gasteiger partial charge in [-0.25, -0.2) is 0 Å². The van der Waals surface area contributed by atoms with Crippen LogP contribution in [0.2, 0.25) is 0 Å². The van der Waals surface area contributed by atoms with Crippen molar-refractivity contribution in [1.82, 2.24) is 0 Å². The molecule has 24 heavy (non-hydrogen) atoms. The molecule has 1 heterocycles. The Kier molecular flexibility index (Phi) is 2.43. The Labute approximate surface area is 141 Å². The predicted octanol–water partition coefficient (Wildman–Crippen LogP) is 2.28. The summed E-state index contributed by atoms with van der Waals surface area (Å²) in [5.74, 6) is -1.92. The summed E-state index contributed by atoms with van der Waals surface area (Å²) in [5, 5.41) is 21.1. The van der Waals surface area contributed by atoms with Gasteiger partial charge in [-0.05, 0) is 62.9 Å². The Morgan fingerprint density at radius 1 is 1.33 bits per heavy atom. The minimum Gasteiger partial charge on any atom is -0.481 e. The number of aliphatic carboxylic acids is 1. The van der Waals surface area contributed by atoms with E-state index in [0.717, 1.165) is 24.8 Å². The number of carboxylic acid groups (broad SMARTS) is 1. The lowest BCUT2D eigenvalue weighted by Gasteiger charge is -2.45. The van der Waals surface area contributed by atoms with Crippen molar-refractivity contribution in [2.24, 2.45) is 28.6 Å². The Morgan fingerprint density at radius 3 is 2.79 bits per heavy atom. The Bertz CT molecular complexity index is 700. The summed E-state index contributed by atoms with van der Waals surface area (Å²) in [5.41, 5.74) is -2.00. The van der Waals surface area contributed by atoms with Crippen LogP contribution in [0, 0.1) is 28.6 Å². The van der Waals surface area contributed by atoms with Crippen LogP contribution in [0.1, 0.15) is 51.9 Å². The smallest absolute Gasteiger partial charge is 0.312 e. The fourth-order valence-electron chi connectivity index (χ4n) is 7.69. The Hall–Kier alpha value is -1.36. The zero-order chi connectivity index (χ0) is 17.1. The van der Waals surface area contributed by atoms with Crippen LogP contribution in [0.5, 0.6) is 0 Å². The lowest BCUT2D eigenvalue weighted by atomic mass is 9.60. The molecule has 5 aliphatic rings. The van der Waals surface area contributed by atoms with Crippen molar-refractivity contribution in [3.05, 3.63) is 12.2 Å². The highest BCUT2D eigenvalue weighted by Gasteiger charge is 2.82. The molecule has 1 aliphatic heterocycles. The van der Waals surface area contributed by atoms with Crippen molar-refractivity contribution in [2.75, 3.05) is 0 Å². The van der Waals surface area contributed by atoms with Crippen molar-refractivity contribution in [1.29, 1.82) is 0 Å². The van der Waals surface area contributed by atoms with Crippen LogP contribution < -0.4 is 0 Å². The third-order valence-electron chi connectivity index (χ3n) is 8.40. The first kappa shape index (κ1) is 14.9. The number of carbonyl (C=O) groups excluding carboxylic acids is 1. The molecular weight excluding hydrogens is 308 g/mol. The molecule has 0 aromatic carbocycles. The molecule has 4 saturated carbocycles. The van der Waals surface area contributed by atoms with Crippen LogP contribution in [0.3, 0.4) is 0 Å². The van der Waals surface area contributed by atoms with Crippen LogP contribution >= 0.6 is 0 Å². The molecule has 1 unspecified atom stereocenters. The second-order valence-corrected chi connectivity index (χ2v) is 9.22. The second kappa shape index (κ2) is 3.90. The quantitative estimate of drug-likeness (QED) is 0.568. The van der Waals surface area contributed by atoms with E-state index in [2.05, 4.69) is 6.58 Å². The molecule has 4 aliphatic carbocycles. The maximum Gasteiger partial charge on any atom is 0.312 e. The van der Waals surface area contributed by atoms with Gasteiger partial charge in [0.15, 0.2) is 0 Å². The average molecular weight is 332 g/mol. The molecule has 2 N–H and O–H groups in total. The molecule has 5 rings (SSSR count). The van der Waals surface area contributed by atoms with E-state index in [1.165, 1.54) is 0 Å². The van der Waals surface area contributed by atoms with Crippen molar-refractivity contribution in [2.45, 2.75) is 63.1 Å². The van der Waals surface area contributed by atoms with Gasteiger partial charge in [-0.1, -0.05) is 6.58 Å². The maximum atomic E-state index is 12.7. The number of rotatable bonds is 1. The molecule has 1 saturated heterocycles. The van der Waals surface area contributed by atoms with Crippen LogP contribution in [0.4, 0.5) is 0 Å². The second-order valence-electron chi connectivity index (χ2n) is 9.22. The zero-order valence-corrected chi connectivity index (χ0v) is 14.0. The molecule has 5 fully saturated rings. The fourth-order valence-corrected chi connectivity index (χ4v) is 7.69. The van der Waals surface area contributed by atoms with Gasteiger partial charge in [0.1, 0.15) is 5.60 Å². The van der Waals surface area contributed by atoms with E-state index in [0.29, 0.717) is 25.7 Å². The Balaban J connectivity index is 1.75. The van der Waals surface area contributed by atoms with Crippen molar-refractivity contribution < 1.29 is 24.5 Å². The first-order valence-electron chi connectivity index (χ1n) is 9.07. The molecular formula is C19H24O5. The summed E-state index contributed by atoms with van der Waals surface area (Å²) in [7, 11) is 0. The molecule has 0 amide bonds. The SMILES string of the molecule is C=C1C[C@]23C[C@@]1(O)CC[C@H]2C12CCC[C@](C)(C(=O)O1)[C@H]2[C@@H]3C(=O)O. The summed E-state index contributed by atoms with van der Waals surface area (Å²) in [6, 6.07) is 0. The van der Waals surface area contributed by atoms with Gasteiger partial charge in [-0.3, -0.25) is 9.59 Å². The number of hydrogen-bond donors (Lipinski definition) is 2. The van der Waals surface area contributed by atoms with Gasteiger partial charge in [0.25, 0.3) is 0 Å². The lowest BCUT2D eigenvalue weighted by molar-refractivity contribution is -0.162. The topological polar surface area (TPSA) is 83.8 Å². The highest BCUT2D eigenvalue weighted by molar-refractivity contribution is 5.84. The van der Waals surface area contributed by atoms with Gasteiger partial charge in [-0.15, -0.1) is 0 Å². The van der Waals surface area contributed by atoms with Crippen LogP contribution in [0.25, 0.3) is 0 Å². The minimum atomic E-state index is -0.932. The van der Waals surface area contributed by atoms with E-state index in [1.807, 2.05) is 6.92 Å². The van der Waals surface area contributed by atoms with Gasteiger partial charge in [0.05, 0.1) is 16.9 Å². The van der Waals surface area contributed by atoms with Crippen LogP contribution in [0.15, 0.2) is 12.2 Å². The van der Waals surface area contributed by atoms with E-state index < -0.39 is 33.9 Å². The molecule has 0 aromatic rings. The van der Waals surface area contributed by atoms with E-state index >= 15 is 0 Å². The molecule has 0 aromatic heterocycles. The largest absolute Gasteiger partial charge is 0.481 e. The number of ether oxygens (including phenoxy) is 1. The maximum absolute atomic E-state index is 12.7. The molecule has 1 spiro atoms. The average Bonchev–Trinajstić information content (AvgIpc) is 2.88. The summed E-state index contributed by atoms with van der Waals surface area (Å²) in [4.78, 5) is 25.1. The molecule has 5 nitrogen and oxygen atoms in total. The summed E-state index contributed by atoms with van der Waals surface area (Å²) < 4.78 is 6.05. The molecule has 7 atom stereocenters. The van der Waals surface area contributed by atoms with E-state index in [9.17, 15) is 19.8 Å². The molecule has 4 bridgehead atoms. The Morgan fingerprint density at radius 2 is 2.08 bits per heavy atom. The van der Waals surface area contributed by atoms with Crippen molar-refractivity contribution in [3.63, 3.8) is 0 Å². The predicted molar refractivity (Wildman–Crippen MR) is 83.9 cm³/mol. The van der Waals surface area contributed by atoms with E-state index in [4.69, 9.17) is 4.74 Å². The first-order valence-corrected chi connectivity index (χ1v) is 9.07. The normalized spacial score (nSPS) is 57.5. The van der Waals surface area contributed by atoms with Gasteiger partial charge in [0, 0.05) is 11.8 Å². The fraction of sp³-hybridized carbons (Fsp3) is 0.789. The zero-order valence-electron chi connectivity index (χ0n) is 14.0. The van der Waals surface area contributed by atoms with Crippen LogP contribution in [-0.2, 0) is 14.3 Å². The third-order valence-corrected chi connectivity index (χ3v) is 8.40. The van der Waals surface area contributed by atoms with Gasteiger partial charge >= 0.3 is 11.9 Å². The molecule has 130 valence electrons. The van der Waals surface area contributed by atoms with Crippen LogP contribution in [-0.4, -0.2) is 33.4 Å². The first-order chi connectivity index (χ1) is 11.2. The van der Waals surface area contributed by atoms with Gasteiger partial charge < -0.3 is 14.9 Å². The number of carboxylic acids is 1. The van der Waals surface area contributed by atoms with E-state index in [1.54, 1.807) is 0 Å². The van der Waals surface area contributed by atoms with Crippen molar-refractivity contribution in [3.8, 4) is 0 Å². The molecule has 5 heteroatoms. The van der Waals surface area contributed by atoms with Gasteiger partial charge in [-0.2, -0.15) is 0 Å². The summed E-state index contributed by atoms with van der Waals surface area (Å²) in [6.07, 6.45) is 4.72. The van der Waals surface area contributed by atoms with E-state index in [-0.39, 0.29) is 17.8 Å². The number of aliphatic hydroxyl groups is 1. The lowest BCUT2D eigenvalue weighted by Crippen LogP contribution is -2.48. The number of fused-ring (bicyclic) bond motifs is 1. The standard InChI is InChI=1S/C19H24O5/c1-10-8-17-9-18(10,23)7-4-11(17)19-6-3-5-16(2,15(22)24-19)13(19)12(17)14(20)21/h11-13,23H,1,3-9H2,2H3,(H,20,21)/t11-,12-,13-,16+,17+,18+,19?/m1/s1. The summed E-state index contributed by atoms with van der Waals surface area (Å²) >= 11 is 0.